The standard InChI is InChI=1S/C31H38FN3O5S/c1-6-23(4)33-31(37)24(5)34(20-25-10-8-9-11-29(25)32)30(36)21-35(26-14-12-22(3)13-15-26)41(38,39)28-18-16-27(17-19-28)40-7-2/h8-19,23-24H,6-7,20-21H2,1-5H3,(H,33,37). The second kappa shape index (κ2) is 14.1. The van der Waals surface area contributed by atoms with Crippen LogP contribution in [0.2, 0.25) is 0 Å². The van der Waals surface area contributed by atoms with Crippen LogP contribution in [0.1, 0.15) is 45.2 Å². The molecule has 0 radical (unpaired) electrons. The lowest BCUT2D eigenvalue weighted by atomic mass is 10.1. The van der Waals surface area contributed by atoms with Crippen molar-refractivity contribution < 1.29 is 27.1 Å². The van der Waals surface area contributed by atoms with Crippen LogP contribution in [0, 0.1) is 12.7 Å². The molecule has 8 nitrogen and oxygen atoms in total. The second-order valence-corrected chi connectivity index (χ2v) is 11.7. The van der Waals surface area contributed by atoms with Gasteiger partial charge in [0.15, 0.2) is 0 Å². The molecule has 0 fully saturated rings. The summed E-state index contributed by atoms with van der Waals surface area (Å²) in [6.07, 6.45) is 0.682. The van der Waals surface area contributed by atoms with E-state index >= 15 is 0 Å². The summed E-state index contributed by atoms with van der Waals surface area (Å²) in [6, 6.07) is 17.5. The number of aryl methyl sites for hydroxylation is 1. The molecule has 0 spiro atoms. The highest BCUT2D eigenvalue weighted by atomic mass is 32.2. The monoisotopic (exact) mass is 583 g/mol. The molecule has 3 aromatic rings. The average Bonchev–Trinajstić information content (AvgIpc) is 2.96. The number of hydrogen-bond acceptors (Lipinski definition) is 5. The molecule has 2 unspecified atom stereocenters. The van der Waals surface area contributed by atoms with Crippen LogP contribution < -0.4 is 14.4 Å². The number of benzene rings is 3. The molecule has 41 heavy (non-hydrogen) atoms. The van der Waals surface area contributed by atoms with Crippen LogP contribution in [0.15, 0.2) is 77.7 Å². The van der Waals surface area contributed by atoms with E-state index in [1.165, 1.54) is 35.2 Å². The van der Waals surface area contributed by atoms with E-state index in [1.54, 1.807) is 49.4 Å². The van der Waals surface area contributed by atoms with Crippen molar-refractivity contribution in [3.63, 3.8) is 0 Å². The molecule has 1 N–H and O–H groups in total. The minimum Gasteiger partial charge on any atom is -0.494 e. The van der Waals surface area contributed by atoms with Gasteiger partial charge in [-0.3, -0.25) is 13.9 Å². The topological polar surface area (TPSA) is 96.0 Å². The van der Waals surface area contributed by atoms with Crippen molar-refractivity contribution >= 4 is 27.5 Å². The van der Waals surface area contributed by atoms with Crippen molar-refractivity contribution in [1.82, 2.24) is 10.2 Å². The van der Waals surface area contributed by atoms with E-state index in [2.05, 4.69) is 5.32 Å². The number of nitrogens with zero attached hydrogens (tertiary/aromatic N) is 2. The molecular formula is C31H38FN3O5S. The summed E-state index contributed by atoms with van der Waals surface area (Å²) in [5, 5.41) is 2.86. The van der Waals surface area contributed by atoms with Crippen LogP contribution >= 0.6 is 0 Å². The maximum absolute atomic E-state index is 14.7. The SMILES string of the molecule is CCOc1ccc(S(=O)(=O)N(CC(=O)N(Cc2ccccc2F)C(C)C(=O)NC(C)CC)c2ccc(C)cc2)cc1. The maximum Gasteiger partial charge on any atom is 0.264 e. The van der Waals surface area contributed by atoms with E-state index in [0.717, 1.165) is 9.87 Å². The molecule has 3 aromatic carbocycles. The summed E-state index contributed by atoms with van der Waals surface area (Å²) in [5.41, 5.74) is 1.40. The van der Waals surface area contributed by atoms with E-state index in [4.69, 9.17) is 4.74 Å². The Kier molecular flexibility index (Phi) is 10.9. The minimum absolute atomic E-state index is 0.0301. The van der Waals surface area contributed by atoms with E-state index in [0.29, 0.717) is 18.8 Å². The van der Waals surface area contributed by atoms with Gasteiger partial charge in [-0.15, -0.1) is 0 Å². The first kappa shape index (κ1) is 31.6. The molecule has 0 aliphatic heterocycles. The van der Waals surface area contributed by atoms with E-state index < -0.39 is 40.2 Å². The van der Waals surface area contributed by atoms with Gasteiger partial charge in [0.05, 0.1) is 17.2 Å². The number of sulfonamides is 1. The molecule has 0 aromatic heterocycles. The minimum atomic E-state index is -4.22. The number of halogens is 1. The molecule has 2 amide bonds. The first-order valence-electron chi connectivity index (χ1n) is 13.6. The molecule has 0 saturated carbocycles. The smallest absolute Gasteiger partial charge is 0.264 e. The third kappa shape index (κ3) is 8.07. The quantitative estimate of drug-likeness (QED) is 0.304. The van der Waals surface area contributed by atoms with Gasteiger partial charge in [0, 0.05) is 18.2 Å². The van der Waals surface area contributed by atoms with Gasteiger partial charge < -0.3 is 15.0 Å². The lowest BCUT2D eigenvalue weighted by Gasteiger charge is -2.32. The summed E-state index contributed by atoms with van der Waals surface area (Å²) >= 11 is 0. The van der Waals surface area contributed by atoms with Crippen molar-refractivity contribution in [3.05, 3.63) is 89.7 Å². The van der Waals surface area contributed by atoms with E-state index in [-0.39, 0.29) is 28.7 Å². The number of anilines is 1. The maximum atomic E-state index is 14.7. The van der Waals surface area contributed by atoms with Crippen molar-refractivity contribution in [1.29, 1.82) is 0 Å². The van der Waals surface area contributed by atoms with Gasteiger partial charge in [0.1, 0.15) is 24.2 Å². The molecule has 0 heterocycles. The number of hydrogen-bond donors (Lipinski definition) is 1. The Bertz CT molecular complexity index is 1430. The van der Waals surface area contributed by atoms with Crippen LogP contribution in [0.5, 0.6) is 5.75 Å². The fourth-order valence-electron chi connectivity index (χ4n) is 4.10. The van der Waals surface area contributed by atoms with E-state index in [9.17, 15) is 22.4 Å². The van der Waals surface area contributed by atoms with Crippen LogP contribution in [-0.4, -0.2) is 50.4 Å². The molecule has 0 aliphatic carbocycles. The third-order valence-corrected chi connectivity index (χ3v) is 8.58. The fourth-order valence-corrected chi connectivity index (χ4v) is 5.51. The molecule has 2 atom stereocenters. The largest absolute Gasteiger partial charge is 0.494 e. The molecule has 10 heteroatoms. The highest BCUT2D eigenvalue weighted by molar-refractivity contribution is 7.92. The van der Waals surface area contributed by atoms with Gasteiger partial charge in [0.2, 0.25) is 11.8 Å². The Labute approximate surface area is 242 Å². The van der Waals surface area contributed by atoms with Crippen molar-refractivity contribution in [2.75, 3.05) is 17.5 Å². The van der Waals surface area contributed by atoms with Gasteiger partial charge in [-0.2, -0.15) is 0 Å². The predicted octanol–water partition coefficient (Wildman–Crippen LogP) is 5.06. The molecule has 0 bridgehead atoms. The number of ether oxygens (including phenoxy) is 1. The number of carbonyl (C=O) groups excluding carboxylic acids is 2. The summed E-state index contributed by atoms with van der Waals surface area (Å²) in [5.74, 6) is -1.09. The Morgan fingerprint density at radius 3 is 2.17 bits per heavy atom. The van der Waals surface area contributed by atoms with Crippen molar-refractivity contribution in [2.24, 2.45) is 0 Å². The lowest BCUT2D eigenvalue weighted by molar-refractivity contribution is -0.139. The van der Waals surface area contributed by atoms with Gasteiger partial charge >= 0.3 is 0 Å². The summed E-state index contributed by atoms with van der Waals surface area (Å²) < 4.78 is 48.9. The highest BCUT2D eigenvalue weighted by Crippen LogP contribution is 2.26. The van der Waals surface area contributed by atoms with Crippen LogP contribution in [0.25, 0.3) is 0 Å². The Hall–Kier alpha value is -3.92. The first-order chi connectivity index (χ1) is 19.5. The van der Waals surface area contributed by atoms with Crippen LogP contribution in [-0.2, 0) is 26.2 Å². The predicted molar refractivity (Wildman–Crippen MR) is 158 cm³/mol. The fraction of sp³-hybridized carbons (Fsp3) is 0.355. The molecule has 3 rings (SSSR count). The molecule has 220 valence electrons. The third-order valence-electron chi connectivity index (χ3n) is 6.79. The summed E-state index contributed by atoms with van der Waals surface area (Å²) in [7, 11) is -4.22. The second-order valence-electron chi connectivity index (χ2n) is 9.86. The number of amides is 2. The molecule has 0 saturated heterocycles. The number of rotatable bonds is 13. The zero-order valence-electron chi connectivity index (χ0n) is 24.1. The zero-order valence-corrected chi connectivity index (χ0v) is 24.9. The molecule has 0 aliphatic rings. The summed E-state index contributed by atoms with van der Waals surface area (Å²) in [4.78, 5) is 28.2. The van der Waals surface area contributed by atoms with Crippen LogP contribution in [0.4, 0.5) is 10.1 Å². The van der Waals surface area contributed by atoms with Gasteiger partial charge in [-0.25, -0.2) is 12.8 Å². The Balaban J connectivity index is 2.02. The highest BCUT2D eigenvalue weighted by Gasteiger charge is 2.33. The lowest BCUT2D eigenvalue weighted by Crippen LogP contribution is -2.52. The molecular weight excluding hydrogens is 545 g/mol. The first-order valence-corrected chi connectivity index (χ1v) is 15.1. The van der Waals surface area contributed by atoms with Crippen molar-refractivity contribution in [3.8, 4) is 5.75 Å². The van der Waals surface area contributed by atoms with Crippen LogP contribution in [0.3, 0.4) is 0 Å². The zero-order chi connectivity index (χ0) is 30.2. The Morgan fingerprint density at radius 2 is 1.59 bits per heavy atom. The Morgan fingerprint density at radius 1 is 0.951 bits per heavy atom. The van der Waals surface area contributed by atoms with Gasteiger partial charge in [0.25, 0.3) is 10.0 Å². The normalized spacial score (nSPS) is 12.7. The van der Waals surface area contributed by atoms with Gasteiger partial charge in [-0.1, -0.05) is 42.8 Å². The van der Waals surface area contributed by atoms with Gasteiger partial charge in [-0.05, 0) is 76.6 Å². The van der Waals surface area contributed by atoms with Crippen molar-refractivity contribution in [2.45, 2.75) is 64.6 Å². The average molecular weight is 584 g/mol. The summed E-state index contributed by atoms with van der Waals surface area (Å²) in [6.45, 7) is 8.61. The number of carbonyl (C=O) groups is 2. The number of nitrogens with one attached hydrogen (secondary N) is 1. The van der Waals surface area contributed by atoms with E-state index in [1.807, 2.05) is 27.7 Å².